The predicted octanol–water partition coefficient (Wildman–Crippen LogP) is 2.82. The molecule has 0 N–H and O–H groups in total. The average molecular weight is 220 g/mol. The Labute approximate surface area is 95.7 Å². The van der Waals surface area contributed by atoms with E-state index in [1.165, 1.54) is 0 Å². The summed E-state index contributed by atoms with van der Waals surface area (Å²) in [6.07, 6.45) is 1.27. The molecule has 0 bridgehead atoms. The molecule has 3 nitrogen and oxygen atoms in total. The molecule has 0 amide bonds. The van der Waals surface area contributed by atoms with Crippen LogP contribution in [0, 0.1) is 0 Å². The van der Waals surface area contributed by atoms with E-state index in [0.29, 0.717) is 17.9 Å². The summed E-state index contributed by atoms with van der Waals surface area (Å²) in [5, 5.41) is 0. The Morgan fingerprint density at radius 2 is 2.19 bits per heavy atom. The maximum atomic E-state index is 11.8. The van der Waals surface area contributed by atoms with Gasteiger partial charge in [0.1, 0.15) is 17.4 Å². The van der Waals surface area contributed by atoms with E-state index >= 15 is 0 Å². The van der Waals surface area contributed by atoms with Crippen molar-refractivity contribution in [3.63, 3.8) is 0 Å². The average Bonchev–Trinajstić information content (AvgIpc) is 2.30. The van der Waals surface area contributed by atoms with Crippen molar-refractivity contribution in [2.75, 3.05) is 6.61 Å². The molecule has 3 heteroatoms. The largest absolute Gasteiger partial charge is 0.493 e. The number of ether oxygens (including phenoxy) is 2. The number of hydrogen-bond donors (Lipinski definition) is 0. The smallest absolute Gasteiger partial charge is 0.342 e. The van der Waals surface area contributed by atoms with E-state index in [0.717, 1.165) is 0 Å². The van der Waals surface area contributed by atoms with Gasteiger partial charge in [-0.25, -0.2) is 4.79 Å². The molecular weight excluding hydrogens is 204 g/mol. The number of carbonyl (C=O) groups excluding carboxylic acids is 1. The molecule has 0 aliphatic heterocycles. The highest BCUT2D eigenvalue weighted by Crippen LogP contribution is 2.19. The first-order valence-corrected chi connectivity index (χ1v) is 5.24. The third-order valence-electron chi connectivity index (χ3n) is 2.03. The van der Waals surface area contributed by atoms with Crippen LogP contribution in [0.1, 0.15) is 24.2 Å². The van der Waals surface area contributed by atoms with E-state index in [-0.39, 0.29) is 6.10 Å². The zero-order valence-corrected chi connectivity index (χ0v) is 9.60. The monoisotopic (exact) mass is 220 g/mol. The molecular formula is C13H16O3. The van der Waals surface area contributed by atoms with Crippen LogP contribution in [-0.4, -0.2) is 18.7 Å². The zero-order chi connectivity index (χ0) is 12.0. The van der Waals surface area contributed by atoms with Gasteiger partial charge in [0.05, 0.1) is 6.61 Å². The summed E-state index contributed by atoms with van der Waals surface area (Å²) in [4.78, 5) is 11.8. The van der Waals surface area contributed by atoms with Crippen molar-refractivity contribution in [1.82, 2.24) is 0 Å². The van der Waals surface area contributed by atoms with E-state index < -0.39 is 5.97 Å². The van der Waals surface area contributed by atoms with Gasteiger partial charge >= 0.3 is 5.97 Å². The van der Waals surface area contributed by atoms with Crippen molar-refractivity contribution in [1.29, 1.82) is 0 Å². The normalized spacial score (nSPS) is 11.6. The molecule has 0 aromatic heterocycles. The van der Waals surface area contributed by atoms with Crippen molar-refractivity contribution in [2.24, 2.45) is 0 Å². The summed E-state index contributed by atoms with van der Waals surface area (Å²) >= 11 is 0. The molecule has 1 aromatic carbocycles. The van der Waals surface area contributed by atoms with E-state index in [1.807, 2.05) is 13.0 Å². The third-order valence-corrected chi connectivity index (χ3v) is 2.03. The van der Waals surface area contributed by atoms with Gasteiger partial charge in [0.15, 0.2) is 0 Å². The van der Waals surface area contributed by atoms with Crippen LogP contribution >= 0.6 is 0 Å². The summed E-state index contributed by atoms with van der Waals surface area (Å²) in [5.41, 5.74) is 0.443. The third kappa shape index (κ3) is 3.12. The molecule has 0 spiro atoms. The van der Waals surface area contributed by atoms with Crippen LogP contribution in [0.2, 0.25) is 0 Å². The molecule has 1 aromatic rings. The topological polar surface area (TPSA) is 35.5 Å². The highest BCUT2D eigenvalue weighted by atomic mass is 16.5. The van der Waals surface area contributed by atoms with Gasteiger partial charge in [-0.2, -0.15) is 0 Å². The molecule has 86 valence electrons. The van der Waals surface area contributed by atoms with Gasteiger partial charge < -0.3 is 9.47 Å². The highest BCUT2D eigenvalue weighted by Gasteiger charge is 2.14. The number of rotatable bonds is 5. The van der Waals surface area contributed by atoms with Gasteiger partial charge in [-0.15, -0.1) is 0 Å². The molecule has 0 heterocycles. The fourth-order valence-corrected chi connectivity index (χ4v) is 1.20. The molecule has 0 saturated carbocycles. The van der Waals surface area contributed by atoms with Crippen LogP contribution in [0.3, 0.4) is 0 Å². The van der Waals surface area contributed by atoms with Crippen LogP contribution in [0.5, 0.6) is 5.75 Å². The molecule has 0 aliphatic rings. The lowest BCUT2D eigenvalue weighted by Gasteiger charge is -2.11. The van der Waals surface area contributed by atoms with Crippen LogP contribution in [-0.2, 0) is 4.74 Å². The Morgan fingerprint density at radius 1 is 1.50 bits per heavy atom. The maximum Gasteiger partial charge on any atom is 0.342 e. The van der Waals surface area contributed by atoms with Crippen molar-refractivity contribution in [2.45, 2.75) is 20.0 Å². The standard InChI is InChI=1S/C13H16O3/c1-4-10(3)16-13(14)11-8-6-7-9-12(11)15-5-2/h4,6-10H,1,5H2,2-3H3. The summed E-state index contributed by atoms with van der Waals surface area (Å²) in [6.45, 7) is 7.70. The molecule has 0 aliphatic carbocycles. The number of benzene rings is 1. The van der Waals surface area contributed by atoms with Crippen LogP contribution in [0.25, 0.3) is 0 Å². The van der Waals surface area contributed by atoms with E-state index in [1.54, 1.807) is 31.2 Å². The minimum Gasteiger partial charge on any atom is -0.493 e. The molecule has 16 heavy (non-hydrogen) atoms. The molecule has 1 atom stereocenters. The molecule has 1 rings (SSSR count). The van der Waals surface area contributed by atoms with E-state index in [9.17, 15) is 4.79 Å². The summed E-state index contributed by atoms with van der Waals surface area (Å²) in [6, 6.07) is 7.03. The first-order chi connectivity index (χ1) is 7.69. The number of hydrogen-bond acceptors (Lipinski definition) is 3. The van der Waals surface area contributed by atoms with Gasteiger partial charge in [0.25, 0.3) is 0 Å². The second kappa shape index (κ2) is 5.95. The summed E-state index contributed by atoms with van der Waals surface area (Å²) in [5.74, 6) is 0.155. The Kier molecular flexibility index (Phi) is 4.58. The molecule has 0 radical (unpaired) electrons. The molecule has 1 unspecified atom stereocenters. The predicted molar refractivity (Wildman–Crippen MR) is 62.7 cm³/mol. The zero-order valence-electron chi connectivity index (χ0n) is 9.60. The van der Waals surface area contributed by atoms with Crippen LogP contribution in [0.4, 0.5) is 0 Å². The highest BCUT2D eigenvalue weighted by molar-refractivity contribution is 5.92. The lowest BCUT2D eigenvalue weighted by atomic mass is 10.2. The number of carbonyl (C=O) groups is 1. The van der Waals surface area contributed by atoms with Gasteiger partial charge in [-0.05, 0) is 26.0 Å². The second-order valence-corrected chi connectivity index (χ2v) is 3.28. The summed E-state index contributed by atoms with van der Waals surface area (Å²) in [7, 11) is 0. The van der Waals surface area contributed by atoms with Crippen LogP contribution in [0.15, 0.2) is 36.9 Å². The Morgan fingerprint density at radius 3 is 2.81 bits per heavy atom. The Bertz CT molecular complexity index is 371. The van der Waals surface area contributed by atoms with Crippen molar-refractivity contribution < 1.29 is 14.3 Å². The molecule has 0 fully saturated rings. The SMILES string of the molecule is C=CC(C)OC(=O)c1ccccc1OCC. The molecule has 0 saturated heterocycles. The fraction of sp³-hybridized carbons (Fsp3) is 0.308. The maximum absolute atomic E-state index is 11.8. The quantitative estimate of drug-likeness (QED) is 0.565. The Balaban J connectivity index is 2.85. The summed E-state index contributed by atoms with van der Waals surface area (Å²) < 4.78 is 10.5. The lowest BCUT2D eigenvalue weighted by Crippen LogP contribution is -2.13. The van der Waals surface area contributed by atoms with Crippen LogP contribution < -0.4 is 4.74 Å². The van der Waals surface area contributed by atoms with Gasteiger partial charge in [-0.3, -0.25) is 0 Å². The van der Waals surface area contributed by atoms with Crippen molar-refractivity contribution >= 4 is 5.97 Å². The van der Waals surface area contributed by atoms with Gasteiger partial charge in [-0.1, -0.05) is 24.8 Å². The number of para-hydroxylation sites is 1. The van der Waals surface area contributed by atoms with Crippen molar-refractivity contribution in [3.8, 4) is 5.75 Å². The first-order valence-electron chi connectivity index (χ1n) is 5.24. The van der Waals surface area contributed by atoms with E-state index in [4.69, 9.17) is 9.47 Å². The first kappa shape index (κ1) is 12.3. The minimum absolute atomic E-state index is 0.304. The Hall–Kier alpha value is -1.77. The minimum atomic E-state index is -0.392. The van der Waals surface area contributed by atoms with Gasteiger partial charge in [0, 0.05) is 0 Å². The second-order valence-electron chi connectivity index (χ2n) is 3.28. The lowest BCUT2D eigenvalue weighted by molar-refractivity contribution is 0.0421. The van der Waals surface area contributed by atoms with Crippen molar-refractivity contribution in [3.05, 3.63) is 42.5 Å². The fourth-order valence-electron chi connectivity index (χ4n) is 1.20. The van der Waals surface area contributed by atoms with E-state index in [2.05, 4.69) is 6.58 Å². The van der Waals surface area contributed by atoms with Gasteiger partial charge in [0.2, 0.25) is 0 Å². The number of esters is 1.